The number of rotatable bonds is 2. The molecule has 1 aromatic rings. The number of benzene rings is 1. The van der Waals surface area contributed by atoms with Crippen LogP contribution in [0.1, 0.15) is 24.9 Å². The second-order valence-corrected chi connectivity index (χ2v) is 8.15. The van der Waals surface area contributed by atoms with Gasteiger partial charge in [0.05, 0.1) is 17.2 Å². The van der Waals surface area contributed by atoms with E-state index in [1.807, 2.05) is 25.1 Å². The van der Waals surface area contributed by atoms with E-state index in [2.05, 4.69) is 20.8 Å². The molecule has 1 fully saturated rings. The predicted molar refractivity (Wildman–Crippen MR) is 82.2 cm³/mol. The molecule has 19 heavy (non-hydrogen) atoms. The number of hydrogen-bond donors (Lipinski definition) is 1. The molecule has 0 radical (unpaired) electrons. The van der Waals surface area contributed by atoms with E-state index in [0.717, 1.165) is 22.3 Å². The second-order valence-electron chi connectivity index (χ2n) is 4.99. The fourth-order valence-electron chi connectivity index (χ4n) is 2.24. The minimum absolute atomic E-state index is 0.00476. The number of sulfone groups is 1. The zero-order valence-corrected chi connectivity index (χ0v) is 13.4. The smallest absolute Gasteiger partial charge is 0.152 e. The third-order valence-corrected chi connectivity index (χ3v) is 5.74. The average Bonchev–Trinajstić information content (AvgIpc) is 2.50. The van der Waals surface area contributed by atoms with Gasteiger partial charge in [0.1, 0.15) is 0 Å². The molecule has 0 aliphatic carbocycles. The first-order chi connectivity index (χ1) is 8.89. The van der Waals surface area contributed by atoms with Crippen molar-refractivity contribution in [2.75, 3.05) is 29.5 Å². The Labute approximate surface area is 123 Å². The lowest BCUT2D eigenvalue weighted by atomic mass is 10.1. The number of anilines is 1. The number of hydrogen-bond acceptors (Lipinski definition) is 4. The Morgan fingerprint density at radius 1 is 1.32 bits per heavy atom. The molecule has 4 nitrogen and oxygen atoms in total. The van der Waals surface area contributed by atoms with Crippen molar-refractivity contribution in [1.29, 1.82) is 0 Å². The summed E-state index contributed by atoms with van der Waals surface area (Å²) in [5.74, 6) is 0.521. The summed E-state index contributed by atoms with van der Waals surface area (Å²) in [6.45, 7) is 3.27. The summed E-state index contributed by atoms with van der Waals surface area (Å²) >= 11 is 3.56. The third-order valence-electron chi connectivity index (χ3n) is 3.39. The molecule has 0 amide bonds. The Morgan fingerprint density at radius 2 is 2.05 bits per heavy atom. The molecule has 1 heterocycles. The number of nitrogens with two attached hydrogens (primary N) is 1. The van der Waals surface area contributed by atoms with Gasteiger partial charge >= 0.3 is 0 Å². The van der Waals surface area contributed by atoms with Gasteiger partial charge in [0.2, 0.25) is 0 Å². The Morgan fingerprint density at radius 3 is 2.68 bits per heavy atom. The largest absolute Gasteiger partial charge is 0.370 e. The quantitative estimate of drug-likeness (QED) is 0.890. The Balaban J connectivity index is 2.22. The summed E-state index contributed by atoms with van der Waals surface area (Å²) < 4.78 is 24.2. The topological polar surface area (TPSA) is 63.4 Å². The number of nitrogens with zero attached hydrogens (tertiary/aromatic N) is 1. The molecular formula is C13H19BrN2O2S. The van der Waals surface area contributed by atoms with E-state index < -0.39 is 9.84 Å². The maximum atomic E-state index is 11.6. The predicted octanol–water partition coefficient (Wildman–Crippen LogP) is 2.09. The summed E-state index contributed by atoms with van der Waals surface area (Å²) in [7, 11) is -2.87. The molecular weight excluding hydrogens is 328 g/mol. The highest BCUT2D eigenvalue weighted by Crippen LogP contribution is 2.29. The van der Waals surface area contributed by atoms with Crippen LogP contribution in [0.2, 0.25) is 0 Å². The zero-order chi connectivity index (χ0) is 14.0. The molecule has 1 aliphatic rings. The molecule has 1 aliphatic heterocycles. The van der Waals surface area contributed by atoms with Gasteiger partial charge < -0.3 is 10.6 Å². The Kier molecular flexibility index (Phi) is 4.53. The van der Waals surface area contributed by atoms with Gasteiger partial charge in [-0.3, -0.25) is 0 Å². The molecule has 0 saturated carbocycles. The highest BCUT2D eigenvalue weighted by molar-refractivity contribution is 9.10. The van der Waals surface area contributed by atoms with E-state index in [4.69, 9.17) is 5.73 Å². The van der Waals surface area contributed by atoms with E-state index >= 15 is 0 Å². The lowest BCUT2D eigenvalue weighted by molar-refractivity contribution is 0.597. The van der Waals surface area contributed by atoms with Crippen molar-refractivity contribution in [3.63, 3.8) is 0 Å². The van der Waals surface area contributed by atoms with Gasteiger partial charge in [0.25, 0.3) is 0 Å². The van der Waals surface area contributed by atoms with Crippen LogP contribution >= 0.6 is 15.9 Å². The minimum Gasteiger partial charge on any atom is -0.370 e. The van der Waals surface area contributed by atoms with Gasteiger partial charge in [-0.2, -0.15) is 0 Å². The molecule has 2 rings (SSSR count). The first-order valence-corrected chi connectivity index (χ1v) is 9.01. The molecule has 0 bridgehead atoms. The maximum Gasteiger partial charge on any atom is 0.152 e. The van der Waals surface area contributed by atoms with Gasteiger partial charge in [0.15, 0.2) is 9.84 Å². The van der Waals surface area contributed by atoms with Crippen LogP contribution in [0.25, 0.3) is 0 Å². The molecule has 6 heteroatoms. The summed E-state index contributed by atoms with van der Waals surface area (Å²) in [6, 6.07) is 6.03. The van der Waals surface area contributed by atoms with Crippen LogP contribution in [0.4, 0.5) is 5.69 Å². The zero-order valence-electron chi connectivity index (χ0n) is 11.0. The van der Waals surface area contributed by atoms with Crippen molar-refractivity contribution < 1.29 is 8.42 Å². The molecule has 1 saturated heterocycles. The van der Waals surface area contributed by atoms with E-state index in [9.17, 15) is 8.42 Å². The van der Waals surface area contributed by atoms with Gasteiger partial charge in [-0.05, 0) is 47.0 Å². The first-order valence-electron chi connectivity index (χ1n) is 6.39. The lowest BCUT2D eigenvalue weighted by Gasteiger charge is -2.24. The summed E-state index contributed by atoms with van der Waals surface area (Å²) in [5, 5.41) is 0. The average molecular weight is 347 g/mol. The molecule has 0 spiro atoms. The van der Waals surface area contributed by atoms with Gasteiger partial charge in [-0.1, -0.05) is 6.07 Å². The molecule has 2 N–H and O–H groups in total. The molecule has 1 unspecified atom stereocenters. The fourth-order valence-corrected chi connectivity index (χ4v) is 4.16. The van der Waals surface area contributed by atoms with Crippen LogP contribution in [0.3, 0.4) is 0 Å². The molecule has 106 valence electrons. The SMILES string of the molecule is CC(N)c1ccc(N2CCCS(=O)(=O)CC2)c(Br)c1. The Bertz CT molecular complexity index is 558. The summed E-state index contributed by atoms with van der Waals surface area (Å²) in [5.41, 5.74) is 7.97. The van der Waals surface area contributed by atoms with Crippen molar-refractivity contribution in [1.82, 2.24) is 0 Å². The van der Waals surface area contributed by atoms with Crippen LogP contribution in [0, 0.1) is 0 Å². The van der Waals surface area contributed by atoms with Crippen LogP contribution in [0.15, 0.2) is 22.7 Å². The van der Waals surface area contributed by atoms with Gasteiger partial charge in [-0.25, -0.2) is 8.42 Å². The summed E-state index contributed by atoms with van der Waals surface area (Å²) in [4.78, 5) is 2.12. The molecule has 1 atom stereocenters. The lowest BCUT2D eigenvalue weighted by Crippen LogP contribution is -2.27. The first kappa shape index (κ1) is 14.8. The van der Waals surface area contributed by atoms with E-state index in [1.165, 1.54) is 0 Å². The van der Waals surface area contributed by atoms with Crippen molar-refractivity contribution in [2.24, 2.45) is 5.73 Å². The van der Waals surface area contributed by atoms with Crippen molar-refractivity contribution in [3.8, 4) is 0 Å². The molecule has 1 aromatic carbocycles. The Hall–Kier alpha value is -0.590. The highest BCUT2D eigenvalue weighted by Gasteiger charge is 2.20. The van der Waals surface area contributed by atoms with Crippen LogP contribution < -0.4 is 10.6 Å². The van der Waals surface area contributed by atoms with Crippen molar-refractivity contribution in [3.05, 3.63) is 28.2 Å². The fraction of sp³-hybridized carbons (Fsp3) is 0.538. The second kappa shape index (κ2) is 5.81. The normalized spacial score (nSPS) is 20.9. The van der Waals surface area contributed by atoms with E-state index in [0.29, 0.717) is 18.7 Å². The summed E-state index contributed by atoms with van der Waals surface area (Å²) in [6.07, 6.45) is 0.684. The third kappa shape index (κ3) is 3.70. The van der Waals surface area contributed by atoms with E-state index in [1.54, 1.807) is 0 Å². The van der Waals surface area contributed by atoms with Crippen LogP contribution in [-0.4, -0.2) is 33.0 Å². The minimum atomic E-state index is -2.87. The van der Waals surface area contributed by atoms with Crippen molar-refractivity contribution >= 4 is 31.5 Å². The number of halogens is 1. The van der Waals surface area contributed by atoms with E-state index in [-0.39, 0.29) is 11.8 Å². The molecule has 0 aromatic heterocycles. The van der Waals surface area contributed by atoms with Crippen LogP contribution in [0.5, 0.6) is 0 Å². The van der Waals surface area contributed by atoms with Gasteiger partial charge in [-0.15, -0.1) is 0 Å². The highest BCUT2D eigenvalue weighted by atomic mass is 79.9. The maximum absolute atomic E-state index is 11.6. The van der Waals surface area contributed by atoms with Crippen molar-refractivity contribution in [2.45, 2.75) is 19.4 Å². The monoisotopic (exact) mass is 346 g/mol. The van der Waals surface area contributed by atoms with Crippen LogP contribution in [-0.2, 0) is 9.84 Å². The van der Waals surface area contributed by atoms with Gasteiger partial charge in [0, 0.05) is 23.6 Å². The standard InChI is InChI=1S/C13H19BrN2O2S/c1-10(15)11-3-4-13(12(14)9-11)16-5-2-7-19(17,18)8-6-16/h3-4,9-10H,2,5-8,15H2,1H3.